The average Bonchev–Trinajstić information content (AvgIpc) is 2.26. The summed E-state index contributed by atoms with van der Waals surface area (Å²) >= 11 is 1.96. The lowest BCUT2D eigenvalue weighted by Gasteiger charge is -2.38. The Kier molecular flexibility index (Phi) is 6.94. The first-order chi connectivity index (χ1) is 8.04. The smallest absolute Gasteiger partial charge is 0.0100 e. The van der Waals surface area contributed by atoms with E-state index in [4.69, 9.17) is 0 Å². The van der Waals surface area contributed by atoms with Gasteiger partial charge in [0.2, 0.25) is 0 Å². The average molecular weight is 257 g/mol. The van der Waals surface area contributed by atoms with E-state index in [1.54, 1.807) is 0 Å². The summed E-state index contributed by atoms with van der Waals surface area (Å²) in [6.07, 6.45) is 6.44. The minimum atomic E-state index is 0.767. The van der Waals surface area contributed by atoms with Gasteiger partial charge in [0.25, 0.3) is 0 Å². The summed E-state index contributed by atoms with van der Waals surface area (Å²) in [7, 11) is 0. The Labute approximate surface area is 113 Å². The molecule has 0 spiro atoms. The van der Waals surface area contributed by atoms with Crippen molar-refractivity contribution in [2.75, 3.05) is 18.6 Å². The number of hydrogen-bond donors (Lipinski definition) is 1. The minimum Gasteiger partial charge on any atom is -0.313 e. The van der Waals surface area contributed by atoms with Gasteiger partial charge in [-0.25, -0.2) is 0 Å². The third kappa shape index (κ3) is 5.21. The third-order valence-corrected chi connectivity index (χ3v) is 5.10. The van der Waals surface area contributed by atoms with Crippen LogP contribution in [0.2, 0.25) is 0 Å². The quantitative estimate of drug-likeness (QED) is 0.771. The summed E-state index contributed by atoms with van der Waals surface area (Å²) in [6, 6.07) is 0.767. The van der Waals surface area contributed by atoms with Gasteiger partial charge in [0, 0.05) is 6.04 Å². The molecule has 2 heteroatoms. The normalized spacial score (nSPS) is 31.8. The van der Waals surface area contributed by atoms with Crippen LogP contribution in [0.4, 0.5) is 0 Å². The first kappa shape index (κ1) is 15.4. The van der Waals surface area contributed by atoms with E-state index in [1.807, 2.05) is 11.8 Å². The van der Waals surface area contributed by atoms with Crippen molar-refractivity contribution in [3.8, 4) is 0 Å². The Bertz CT molecular complexity index is 205. The molecule has 0 aromatic carbocycles. The van der Waals surface area contributed by atoms with Crippen LogP contribution in [0.1, 0.15) is 47.0 Å². The molecule has 1 aliphatic rings. The van der Waals surface area contributed by atoms with Crippen LogP contribution in [-0.2, 0) is 0 Å². The summed E-state index contributed by atoms with van der Waals surface area (Å²) in [6.45, 7) is 10.7. The molecule has 4 unspecified atom stereocenters. The predicted molar refractivity (Wildman–Crippen MR) is 80.7 cm³/mol. The van der Waals surface area contributed by atoms with E-state index in [1.165, 1.54) is 31.6 Å². The molecule has 0 amide bonds. The predicted octanol–water partition coefficient (Wildman–Crippen LogP) is 4.04. The molecule has 1 rings (SSSR count). The molecule has 1 nitrogen and oxygen atoms in total. The van der Waals surface area contributed by atoms with E-state index in [2.05, 4.69) is 39.3 Å². The number of hydrogen-bond acceptors (Lipinski definition) is 2. The van der Waals surface area contributed by atoms with Crippen LogP contribution in [0.3, 0.4) is 0 Å². The molecule has 0 radical (unpaired) electrons. The topological polar surface area (TPSA) is 12.0 Å². The van der Waals surface area contributed by atoms with Crippen LogP contribution in [-0.4, -0.2) is 24.6 Å². The Morgan fingerprint density at radius 1 is 1.24 bits per heavy atom. The van der Waals surface area contributed by atoms with Gasteiger partial charge >= 0.3 is 0 Å². The number of thioether (sulfide) groups is 1. The van der Waals surface area contributed by atoms with Crippen molar-refractivity contribution in [3.05, 3.63) is 0 Å². The third-order valence-electron chi connectivity index (χ3n) is 4.20. The maximum Gasteiger partial charge on any atom is 0.0100 e. The highest BCUT2D eigenvalue weighted by Gasteiger charge is 2.30. The van der Waals surface area contributed by atoms with Crippen molar-refractivity contribution >= 4 is 11.8 Å². The van der Waals surface area contributed by atoms with Crippen molar-refractivity contribution in [3.63, 3.8) is 0 Å². The van der Waals surface area contributed by atoms with Crippen molar-refractivity contribution in [2.45, 2.75) is 53.0 Å². The van der Waals surface area contributed by atoms with Crippen LogP contribution in [0.5, 0.6) is 0 Å². The van der Waals surface area contributed by atoms with Crippen LogP contribution in [0.25, 0.3) is 0 Å². The first-order valence-electron chi connectivity index (χ1n) is 7.26. The van der Waals surface area contributed by atoms with Crippen molar-refractivity contribution in [2.24, 2.45) is 23.7 Å². The zero-order valence-electron chi connectivity index (χ0n) is 12.3. The Hall–Kier alpha value is 0.310. The SMILES string of the molecule is CSCC(C)CNC1CC(C)CCC1C(C)C. The molecule has 1 N–H and O–H groups in total. The Morgan fingerprint density at radius 3 is 2.53 bits per heavy atom. The molecule has 0 heterocycles. The van der Waals surface area contributed by atoms with Crippen molar-refractivity contribution in [1.29, 1.82) is 0 Å². The summed E-state index contributed by atoms with van der Waals surface area (Å²) in [5, 5.41) is 3.85. The van der Waals surface area contributed by atoms with E-state index in [0.29, 0.717) is 0 Å². The molecule has 0 aromatic heterocycles. The molecular formula is C15H31NS. The second kappa shape index (κ2) is 7.68. The molecule has 17 heavy (non-hydrogen) atoms. The summed E-state index contributed by atoms with van der Waals surface area (Å²) < 4.78 is 0. The monoisotopic (exact) mass is 257 g/mol. The van der Waals surface area contributed by atoms with Crippen molar-refractivity contribution in [1.82, 2.24) is 5.32 Å². The van der Waals surface area contributed by atoms with Crippen LogP contribution in [0, 0.1) is 23.7 Å². The fourth-order valence-electron chi connectivity index (χ4n) is 3.13. The van der Waals surface area contributed by atoms with Gasteiger partial charge in [-0.15, -0.1) is 0 Å². The van der Waals surface area contributed by atoms with Crippen molar-refractivity contribution < 1.29 is 0 Å². The standard InChI is InChI=1S/C15H31NS/c1-11(2)14-7-6-12(3)8-15(14)16-9-13(4)10-17-5/h11-16H,6-10H2,1-5H3. The lowest BCUT2D eigenvalue weighted by atomic mass is 9.74. The lowest BCUT2D eigenvalue weighted by Crippen LogP contribution is -2.44. The maximum absolute atomic E-state index is 3.85. The van der Waals surface area contributed by atoms with E-state index in [0.717, 1.165) is 29.7 Å². The number of rotatable bonds is 6. The highest BCUT2D eigenvalue weighted by atomic mass is 32.2. The molecule has 1 aliphatic carbocycles. The maximum atomic E-state index is 3.85. The zero-order valence-corrected chi connectivity index (χ0v) is 13.1. The molecular weight excluding hydrogens is 226 g/mol. The molecule has 1 saturated carbocycles. The Balaban J connectivity index is 2.41. The zero-order chi connectivity index (χ0) is 12.8. The second-order valence-electron chi connectivity index (χ2n) is 6.40. The van der Waals surface area contributed by atoms with Gasteiger partial charge in [0.1, 0.15) is 0 Å². The van der Waals surface area contributed by atoms with Gasteiger partial charge in [-0.2, -0.15) is 11.8 Å². The van der Waals surface area contributed by atoms with Gasteiger partial charge in [0.05, 0.1) is 0 Å². The van der Waals surface area contributed by atoms with Crippen LogP contribution < -0.4 is 5.32 Å². The molecule has 0 aromatic rings. The van der Waals surface area contributed by atoms with Gasteiger partial charge in [0.15, 0.2) is 0 Å². The van der Waals surface area contributed by atoms with Gasteiger partial charge in [-0.1, -0.05) is 34.1 Å². The molecule has 102 valence electrons. The molecule has 1 fully saturated rings. The van der Waals surface area contributed by atoms with Gasteiger partial charge in [-0.3, -0.25) is 0 Å². The minimum absolute atomic E-state index is 0.767. The molecule has 4 atom stereocenters. The van der Waals surface area contributed by atoms with E-state index < -0.39 is 0 Å². The molecule has 0 bridgehead atoms. The fourth-order valence-corrected chi connectivity index (χ4v) is 3.82. The van der Waals surface area contributed by atoms with E-state index >= 15 is 0 Å². The summed E-state index contributed by atoms with van der Waals surface area (Å²) in [5.41, 5.74) is 0. The largest absolute Gasteiger partial charge is 0.313 e. The number of nitrogens with one attached hydrogen (secondary N) is 1. The lowest BCUT2D eigenvalue weighted by molar-refractivity contribution is 0.167. The highest BCUT2D eigenvalue weighted by molar-refractivity contribution is 7.98. The van der Waals surface area contributed by atoms with Gasteiger partial charge < -0.3 is 5.32 Å². The molecule has 0 aliphatic heterocycles. The van der Waals surface area contributed by atoms with Crippen LogP contribution in [0.15, 0.2) is 0 Å². The first-order valence-corrected chi connectivity index (χ1v) is 8.66. The fraction of sp³-hybridized carbons (Fsp3) is 1.00. The molecule has 0 saturated heterocycles. The van der Waals surface area contributed by atoms with E-state index in [-0.39, 0.29) is 0 Å². The Morgan fingerprint density at radius 2 is 1.94 bits per heavy atom. The second-order valence-corrected chi connectivity index (χ2v) is 7.31. The van der Waals surface area contributed by atoms with E-state index in [9.17, 15) is 0 Å². The highest BCUT2D eigenvalue weighted by Crippen LogP contribution is 2.33. The summed E-state index contributed by atoms with van der Waals surface area (Å²) in [5.74, 6) is 4.72. The van der Waals surface area contributed by atoms with Gasteiger partial charge in [-0.05, 0) is 55.1 Å². The van der Waals surface area contributed by atoms with Crippen LogP contribution >= 0.6 is 11.8 Å². The summed E-state index contributed by atoms with van der Waals surface area (Å²) in [4.78, 5) is 0.